The minimum atomic E-state index is -0.481. The van der Waals surface area contributed by atoms with Gasteiger partial charge < -0.3 is 10.8 Å². The molecule has 0 aromatic heterocycles. The van der Waals surface area contributed by atoms with Gasteiger partial charge in [0.25, 0.3) is 0 Å². The molecule has 1 unspecified atom stereocenters. The molecular weight excluding hydrogens is 224 g/mol. The molecule has 0 saturated heterocycles. The Labute approximate surface area is 109 Å². The van der Waals surface area contributed by atoms with Gasteiger partial charge in [-0.15, -0.1) is 13.2 Å². The van der Waals surface area contributed by atoms with Crippen molar-refractivity contribution in [2.45, 2.75) is 12.5 Å². The predicted octanol–water partition coefficient (Wildman–Crippen LogP) is 2.37. The lowest BCUT2D eigenvalue weighted by Crippen LogP contribution is -2.26. The highest BCUT2D eigenvalue weighted by atomic mass is 16.3. The molecule has 98 valence electrons. The third-order valence-corrected chi connectivity index (χ3v) is 2.79. The Morgan fingerprint density at radius 1 is 1.28 bits per heavy atom. The van der Waals surface area contributed by atoms with Crippen LogP contribution in [0.1, 0.15) is 18.1 Å². The van der Waals surface area contributed by atoms with Crippen LogP contribution < -0.4 is 5.73 Å². The van der Waals surface area contributed by atoms with E-state index in [-0.39, 0.29) is 0 Å². The highest BCUT2D eigenvalue weighted by Gasteiger charge is 2.09. The molecule has 3 N–H and O–H groups in total. The van der Waals surface area contributed by atoms with Gasteiger partial charge in [0.15, 0.2) is 0 Å². The molecule has 0 fully saturated rings. The van der Waals surface area contributed by atoms with Crippen molar-refractivity contribution in [1.82, 2.24) is 4.90 Å². The summed E-state index contributed by atoms with van der Waals surface area (Å²) in [5, 5.41) is 10.1. The molecule has 0 saturated carbocycles. The van der Waals surface area contributed by atoms with Gasteiger partial charge in [-0.25, -0.2) is 0 Å². The summed E-state index contributed by atoms with van der Waals surface area (Å²) in [4.78, 5) is 2.18. The van der Waals surface area contributed by atoms with Gasteiger partial charge in [0, 0.05) is 25.3 Å². The van der Waals surface area contributed by atoms with Crippen LogP contribution in [0.4, 0.5) is 5.69 Å². The Balaban J connectivity index is 2.50. The van der Waals surface area contributed by atoms with E-state index >= 15 is 0 Å². The summed E-state index contributed by atoms with van der Waals surface area (Å²) in [6.45, 7) is 9.85. The van der Waals surface area contributed by atoms with Gasteiger partial charge >= 0.3 is 0 Å². The van der Waals surface area contributed by atoms with Gasteiger partial charge in [0.1, 0.15) is 0 Å². The van der Waals surface area contributed by atoms with Crippen molar-refractivity contribution in [3.63, 3.8) is 0 Å². The number of aliphatic hydroxyl groups excluding tert-OH is 1. The fourth-order valence-electron chi connectivity index (χ4n) is 1.86. The van der Waals surface area contributed by atoms with Crippen LogP contribution in [-0.4, -0.2) is 29.6 Å². The number of hydrogen-bond acceptors (Lipinski definition) is 3. The predicted molar refractivity (Wildman–Crippen MR) is 77.3 cm³/mol. The van der Waals surface area contributed by atoms with E-state index < -0.39 is 6.10 Å². The van der Waals surface area contributed by atoms with Crippen molar-refractivity contribution in [2.75, 3.05) is 25.4 Å². The van der Waals surface area contributed by atoms with Gasteiger partial charge in [0.05, 0.1) is 6.10 Å². The molecule has 3 heteroatoms. The number of rotatable bonds is 8. The number of hydrogen-bond donors (Lipinski definition) is 2. The maximum atomic E-state index is 10.1. The Hall–Kier alpha value is -1.58. The van der Waals surface area contributed by atoms with E-state index in [4.69, 9.17) is 5.73 Å². The first-order valence-electron chi connectivity index (χ1n) is 6.15. The van der Waals surface area contributed by atoms with Gasteiger partial charge in [-0.1, -0.05) is 24.3 Å². The molecule has 0 radical (unpaired) electrons. The van der Waals surface area contributed by atoms with E-state index in [1.807, 2.05) is 36.4 Å². The molecule has 0 amide bonds. The number of anilines is 1. The van der Waals surface area contributed by atoms with Crippen LogP contribution in [0.3, 0.4) is 0 Å². The fraction of sp³-hybridized carbons (Fsp3) is 0.333. The lowest BCUT2D eigenvalue weighted by molar-refractivity contribution is 0.148. The zero-order chi connectivity index (χ0) is 13.4. The van der Waals surface area contributed by atoms with E-state index in [1.54, 1.807) is 0 Å². The Kier molecular flexibility index (Phi) is 6.19. The summed E-state index contributed by atoms with van der Waals surface area (Å²) in [6.07, 6.45) is 3.91. The fourth-order valence-corrected chi connectivity index (χ4v) is 1.86. The van der Waals surface area contributed by atoms with Gasteiger partial charge in [0.2, 0.25) is 0 Å². The highest BCUT2D eigenvalue weighted by Crippen LogP contribution is 2.19. The largest absolute Gasteiger partial charge is 0.399 e. The van der Waals surface area contributed by atoms with Crippen molar-refractivity contribution in [1.29, 1.82) is 0 Å². The molecule has 1 atom stereocenters. The zero-order valence-corrected chi connectivity index (χ0v) is 10.8. The SMILES string of the molecule is C=CCN(CC=C)CCC(O)c1cccc(N)c1. The maximum Gasteiger partial charge on any atom is 0.0803 e. The molecule has 3 nitrogen and oxygen atoms in total. The lowest BCUT2D eigenvalue weighted by atomic mass is 10.1. The minimum absolute atomic E-state index is 0.481. The van der Waals surface area contributed by atoms with Crippen molar-refractivity contribution >= 4 is 5.69 Å². The van der Waals surface area contributed by atoms with Crippen molar-refractivity contribution in [3.8, 4) is 0 Å². The number of nitrogen functional groups attached to an aromatic ring is 1. The molecule has 18 heavy (non-hydrogen) atoms. The molecule has 1 rings (SSSR count). The van der Waals surface area contributed by atoms with E-state index in [9.17, 15) is 5.11 Å². The Bertz CT molecular complexity index is 380. The standard InChI is InChI=1S/C15H22N2O/c1-3-9-17(10-4-2)11-8-15(18)13-6-5-7-14(16)12-13/h3-7,12,15,18H,1-2,8-11,16H2. The third-order valence-electron chi connectivity index (χ3n) is 2.79. The highest BCUT2D eigenvalue weighted by molar-refractivity contribution is 5.41. The molecule has 0 aliphatic carbocycles. The summed E-state index contributed by atoms with van der Waals surface area (Å²) in [6, 6.07) is 7.39. The van der Waals surface area contributed by atoms with Crippen LogP contribution in [0.2, 0.25) is 0 Å². The lowest BCUT2D eigenvalue weighted by Gasteiger charge is -2.20. The summed E-state index contributed by atoms with van der Waals surface area (Å²) in [7, 11) is 0. The van der Waals surface area contributed by atoms with Gasteiger partial charge in [-0.05, 0) is 24.1 Å². The average molecular weight is 246 g/mol. The number of aliphatic hydroxyl groups is 1. The van der Waals surface area contributed by atoms with Crippen LogP contribution in [0, 0.1) is 0 Å². The molecular formula is C15H22N2O. The zero-order valence-electron chi connectivity index (χ0n) is 10.8. The van der Waals surface area contributed by atoms with E-state index in [0.29, 0.717) is 12.1 Å². The summed E-state index contributed by atoms with van der Waals surface area (Å²) in [5.41, 5.74) is 7.25. The van der Waals surface area contributed by atoms with Crippen LogP contribution in [0.15, 0.2) is 49.6 Å². The second-order valence-electron chi connectivity index (χ2n) is 4.31. The normalized spacial score (nSPS) is 12.3. The molecule has 0 bridgehead atoms. The molecule has 0 spiro atoms. The van der Waals surface area contributed by atoms with Crippen molar-refractivity contribution in [3.05, 3.63) is 55.1 Å². The second-order valence-corrected chi connectivity index (χ2v) is 4.31. The quantitative estimate of drug-likeness (QED) is 0.547. The first-order chi connectivity index (χ1) is 8.67. The summed E-state index contributed by atoms with van der Waals surface area (Å²) in [5.74, 6) is 0. The van der Waals surface area contributed by atoms with Crippen LogP contribution in [0.25, 0.3) is 0 Å². The van der Waals surface area contributed by atoms with E-state index in [2.05, 4.69) is 18.1 Å². The van der Waals surface area contributed by atoms with Gasteiger partial charge in [-0.2, -0.15) is 0 Å². The molecule has 0 aliphatic heterocycles. The number of nitrogens with two attached hydrogens (primary N) is 1. The molecule has 0 heterocycles. The van der Waals surface area contributed by atoms with Crippen LogP contribution in [0.5, 0.6) is 0 Å². The van der Waals surface area contributed by atoms with Gasteiger partial charge in [-0.3, -0.25) is 4.90 Å². The maximum absolute atomic E-state index is 10.1. The van der Waals surface area contributed by atoms with Crippen LogP contribution in [-0.2, 0) is 0 Å². The minimum Gasteiger partial charge on any atom is -0.399 e. The van der Waals surface area contributed by atoms with E-state index in [0.717, 1.165) is 25.2 Å². The first kappa shape index (κ1) is 14.5. The summed E-state index contributed by atoms with van der Waals surface area (Å²) >= 11 is 0. The molecule has 1 aromatic rings. The Morgan fingerprint density at radius 3 is 2.50 bits per heavy atom. The second kappa shape index (κ2) is 7.69. The number of benzene rings is 1. The monoisotopic (exact) mass is 246 g/mol. The molecule has 1 aromatic carbocycles. The van der Waals surface area contributed by atoms with Crippen molar-refractivity contribution in [2.24, 2.45) is 0 Å². The molecule has 0 aliphatic rings. The third kappa shape index (κ3) is 4.73. The van der Waals surface area contributed by atoms with Crippen LogP contribution >= 0.6 is 0 Å². The smallest absolute Gasteiger partial charge is 0.0803 e. The average Bonchev–Trinajstić information content (AvgIpc) is 2.36. The van der Waals surface area contributed by atoms with E-state index in [1.165, 1.54) is 0 Å². The number of nitrogens with zero attached hydrogens (tertiary/aromatic N) is 1. The summed E-state index contributed by atoms with van der Waals surface area (Å²) < 4.78 is 0. The Morgan fingerprint density at radius 2 is 1.94 bits per heavy atom. The topological polar surface area (TPSA) is 49.5 Å². The van der Waals surface area contributed by atoms with Crippen molar-refractivity contribution < 1.29 is 5.11 Å². The first-order valence-corrected chi connectivity index (χ1v) is 6.15.